The third-order valence-corrected chi connectivity index (χ3v) is 1.10. The van der Waals surface area contributed by atoms with Crippen molar-refractivity contribution in [3.05, 3.63) is 34.4 Å². The van der Waals surface area contributed by atoms with Crippen LogP contribution in [0.3, 0.4) is 0 Å². The van der Waals surface area contributed by atoms with Gasteiger partial charge in [0.05, 0.1) is 4.92 Å². The van der Waals surface area contributed by atoms with E-state index in [1.165, 1.54) is 24.3 Å². The molecular weight excluding hydrogens is 155 g/mol. The van der Waals surface area contributed by atoms with E-state index in [0.29, 0.717) is 5.69 Å². The van der Waals surface area contributed by atoms with Crippen LogP contribution in [0.1, 0.15) is 0 Å². The molecule has 0 aromatic heterocycles. The fourth-order valence-corrected chi connectivity index (χ4v) is 0.596. The Morgan fingerprint density at radius 2 is 1.73 bits per heavy atom. The summed E-state index contributed by atoms with van der Waals surface area (Å²) >= 11 is 0. The number of nitrogen functional groups attached to an aromatic ring is 1. The first-order chi connectivity index (χ1) is 4.70. The van der Waals surface area contributed by atoms with Crippen LogP contribution in [0.5, 0.6) is 0 Å². The predicted molar refractivity (Wildman–Crippen MR) is 44.7 cm³/mol. The summed E-state index contributed by atoms with van der Waals surface area (Å²) in [4.78, 5) is 9.62. The van der Waals surface area contributed by atoms with E-state index in [-0.39, 0.29) is 35.2 Å². The minimum atomic E-state index is -0.459. The molecule has 0 amide bonds. The molecule has 0 aliphatic carbocycles. The Morgan fingerprint density at radius 1 is 1.27 bits per heavy atom. The van der Waals surface area contributed by atoms with Gasteiger partial charge in [-0.3, -0.25) is 10.1 Å². The number of rotatable bonds is 1. The predicted octanol–water partition coefficient (Wildman–Crippen LogP) is 0.528. The number of nitro groups is 1. The van der Waals surface area contributed by atoms with Gasteiger partial charge in [0.25, 0.3) is 5.69 Å². The summed E-state index contributed by atoms with van der Waals surface area (Å²) in [5.41, 5.74) is 5.90. The third-order valence-electron chi connectivity index (χ3n) is 1.10. The third kappa shape index (κ3) is 2.88. The Kier molecular flexibility index (Phi) is 4.10. The maximum absolute atomic E-state index is 10.1. The van der Waals surface area contributed by atoms with Crippen molar-refractivity contribution in [2.45, 2.75) is 0 Å². The van der Waals surface area contributed by atoms with Crippen LogP contribution >= 0.6 is 0 Å². The van der Waals surface area contributed by atoms with Gasteiger partial charge in [-0.05, 0) is 12.1 Å². The topological polar surface area (TPSA) is 69.2 Å². The average Bonchev–Trinajstić information content (AvgIpc) is 1.88. The molecular formula is C6H7N2NaO2. The van der Waals surface area contributed by atoms with Crippen LogP contribution in [0.4, 0.5) is 11.4 Å². The summed E-state index contributed by atoms with van der Waals surface area (Å²) in [6.07, 6.45) is 0. The number of non-ortho nitro benzene ring substituents is 1. The van der Waals surface area contributed by atoms with Gasteiger partial charge in [-0.15, -0.1) is 0 Å². The van der Waals surface area contributed by atoms with E-state index in [1.54, 1.807) is 0 Å². The molecule has 0 spiro atoms. The molecule has 2 N–H and O–H groups in total. The first-order valence-corrected chi connectivity index (χ1v) is 2.70. The van der Waals surface area contributed by atoms with Crippen LogP contribution in [-0.4, -0.2) is 34.5 Å². The van der Waals surface area contributed by atoms with Crippen molar-refractivity contribution in [1.29, 1.82) is 0 Å². The van der Waals surface area contributed by atoms with Crippen molar-refractivity contribution < 1.29 is 4.92 Å². The molecule has 0 heterocycles. The summed E-state index contributed by atoms with van der Waals surface area (Å²) in [5, 5.41) is 10.1. The molecule has 0 radical (unpaired) electrons. The van der Waals surface area contributed by atoms with E-state index in [0.717, 1.165) is 0 Å². The average molecular weight is 162 g/mol. The van der Waals surface area contributed by atoms with E-state index in [2.05, 4.69) is 0 Å². The Bertz CT molecular complexity index is 247. The summed E-state index contributed by atoms with van der Waals surface area (Å²) in [7, 11) is 0. The fourth-order valence-electron chi connectivity index (χ4n) is 0.596. The van der Waals surface area contributed by atoms with Crippen molar-refractivity contribution in [2.24, 2.45) is 0 Å². The summed E-state index contributed by atoms with van der Waals surface area (Å²) in [6, 6.07) is 5.74. The van der Waals surface area contributed by atoms with Crippen molar-refractivity contribution in [2.75, 3.05) is 5.73 Å². The molecule has 0 saturated heterocycles. The van der Waals surface area contributed by atoms with Gasteiger partial charge in [-0.25, -0.2) is 0 Å². The van der Waals surface area contributed by atoms with Gasteiger partial charge in [0.15, 0.2) is 0 Å². The second kappa shape index (κ2) is 4.33. The molecule has 0 bridgehead atoms. The first kappa shape index (κ1) is 10.4. The second-order valence-corrected chi connectivity index (χ2v) is 1.85. The SMILES string of the molecule is Nc1ccc([N+](=O)[O-])cc1.[NaH]. The molecule has 1 aromatic rings. The van der Waals surface area contributed by atoms with Crippen LogP contribution in [0, 0.1) is 10.1 Å². The van der Waals surface area contributed by atoms with Crippen LogP contribution in [0.25, 0.3) is 0 Å². The number of hydrogen-bond acceptors (Lipinski definition) is 3. The van der Waals surface area contributed by atoms with E-state index < -0.39 is 4.92 Å². The molecule has 0 saturated carbocycles. The Balaban J connectivity index is 0.000001000. The van der Waals surface area contributed by atoms with Gasteiger partial charge in [-0.2, -0.15) is 0 Å². The molecule has 1 aromatic carbocycles. The molecule has 1 rings (SSSR count). The van der Waals surface area contributed by atoms with E-state index in [1.807, 2.05) is 0 Å². The van der Waals surface area contributed by atoms with Crippen molar-refractivity contribution in [1.82, 2.24) is 0 Å². The minimum absolute atomic E-state index is 0. The molecule has 0 unspecified atom stereocenters. The Hall–Kier alpha value is -0.580. The maximum atomic E-state index is 10.1. The number of hydrogen-bond donors (Lipinski definition) is 1. The summed E-state index contributed by atoms with van der Waals surface area (Å²) < 4.78 is 0. The molecule has 54 valence electrons. The molecule has 0 aliphatic rings. The molecule has 0 aliphatic heterocycles. The quantitative estimate of drug-likeness (QED) is 0.283. The molecule has 11 heavy (non-hydrogen) atoms. The first-order valence-electron chi connectivity index (χ1n) is 2.70. The second-order valence-electron chi connectivity index (χ2n) is 1.85. The zero-order chi connectivity index (χ0) is 7.56. The number of nitro benzene ring substituents is 1. The molecule has 0 fully saturated rings. The number of nitrogens with two attached hydrogens (primary N) is 1. The number of benzene rings is 1. The van der Waals surface area contributed by atoms with Gasteiger partial charge in [0.1, 0.15) is 0 Å². The normalized spacial score (nSPS) is 8.36. The van der Waals surface area contributed by atoms with E-state index in [4.69, 9.17) is 5.73 Å². The van der Waals surface area contributed by atoms with Crippen LogP contribution in [0.2, 0.25) is 0 Å². The number of anilines is 1. The van der Waals surface area contributed by atoms with Gasteiger partial charge in [-0.1, -0.05) is 0 Å². The monoisotopic (exact) mass is 162 g/mol. The molecule has 5 heteroatoms. The van der Waals surface area contributed by atoms with Gasteiger partial charge in [0.2, 0.25) is 0 Å². The van der Waals surface area contributed by atoms with Gasteiger partial charge in [0, 0.05) is 17.8 Å². The van der Waals surface area contributed by atoms with Crippen LogP contribution in [-0.2, 0) is 0 Å². The van der Waals surface area contributed by atoms with Crippen LogP contribution < -0.4 is 5.73 Å². The van der Waals surface area contributed by atoms with Crippen LogP contribution in [0.15, 0.2) is 24.3 Å². The zero-order valence-corrected chi connectivity index (χ0v) is 5.15. The molecule has 0 atom stereocenters. The van der Waals surface area contributed by atoms with Crippen molar-refractivity contribution in [3.8, 4) is 0 Å². The molecule has 4 nitrogen and oxygen atoms in total. The van der Waals surface area contributed by atoms with Gasteiger partial charge < -0.3 is 5.73 Å². The summed E-state index contributed by atoms with van der Waals surface area (Å²) in [5.74, 6) is 0. The fraction of sp³-hybridized carbons (Fsp3) is 0. The van der Waals surface area contributed by atoms with Gasteiger partial charge >= 0.3 is 29.6 Å². The Labute approximate surface area is 85.8 Å². The van der Waals surface area contributed by atoms with Crippen molar-refractivity contribution in [3.63, 3.8) is 0 Å². The Morgan fingerprint density at radius 3 is 2.09 bits per heavy atom. The number of nitrogens with zero attached hydrogens (tertiary/aromatic N) is 1. The standard InChI is InChI=1S/C6H6N2O2.Na.H/c7-5-1-3-6(4-2-5)8(9)10;;/h1-4H,7H2;;. The zero-order valence-electron chi connectivity index (χ0n) is 5.15. The summed E-state index contributed by atoms with van der Waals surface area (Å²) in [6.45, 7) is 0. The van der Waals surface area contributed by atoms with Crippen molar-refractivity contribution >= 4 is 40.9 Å². The van der Waals surface area contributed by atoms with E-state index >= 15 is 0 Å². The van der Waals surface area contributed by atoms with E-state index in [9.17, 15) is 10.1 Å².